The lowest BCUT2D eigenvalue weighted by Crippen LogP contribution is -1.83. The van der Waals surface area contributed by atoms with Crippen LogP contribution in [0.25, 0.3) is 55.6 Å². The molecule has 0 amide bonds. The Morgan fingerprint density at radius 3 is 2.72 bits per heavy atom. The first-order valence-electron chi connectivity index (χ1n) is 9.11. The maximum absolute atomic E-state index is 5.24. The zero-order valence-corrected chi connectivity index (χ0v) is 15.1. The average Bonchev–Trinajstić information content (AvgIpc) is 3.52. The molecule has 0 aromatic carbocycles. The third-order valence-electron chi connectivity index (χ3n) is 5.04. The van der Waals surface area contributed by atoms with E-state index in [9.17, 15) is 0 Å². The lowest BCUT2D eigenvalue weighted by molar-refractivity contribution is 0.568. The second-order valence-electron chi connectivity index (χ2n) is 6.78. The van der Waals surface area contributed by atoms with E-state index in [1.165, 1.54) is 0 Å². The van der Waals surface area contributed by atoms with Crippen LogP contribution in [0.3, 0.4) is 0 Å². The highest BCUT2D eigenvalue weighted by molar-refractivity contribution is 6.00. The van der Waals surface area contributed by atoms with Gasteiger partial charge in [0.1, 0.15) is 5.69 Å². The fraction of sp³-hybridized carbons (Fsp3) is 0. The van der Waals surface area contributed by atoms with E-state index in [1.807, 2.05) is 43.0 Å². The molecule has 29 heavy (non-hydrogen) atoms. The van der Waals surface area contributed by atoms with Gasteiger partial charge in [-0.25, -0.2) is 4.98 Å². The maximum Gasteiger partial charge on any atom is 0.155 e. The van der Waals surface area contributed by atoms with Crippen LogP contribution in [-0.2, 0) is 0 Å². The number of nitrogens with one attached hydrogen (secondary N) is 2. The molecular formula is C22H14N6O. The van der Waals surface area contributed by atoms with Crippen molar-refractivity contribution in [2.75, 3.05) is 0 Å². The monoisotopic (exact) mass is 378 g/mol. The first kappa shape index (κ1) is 15.8. The van der Waals surface area contributed by atoms with Crippen molar-refractivity contribution in [2.24, 2.45) is 0 Å². The number of rotatable bonds is 3. The molecule has 7 heteroatoms. The van der Waals surface area contributed by atoms with E-state index >= 15 is 0 Å². The fourth-order valence-corrected chi connectivity index (χ4v) is 3.63. The number of fused-ring (bicyclic) bond motifs is 2. The molecule has 0 bridgehead atoms. The topological polar surface area (TPSA) is 96.3 Å². The van der Waals surface area contributed by atoms with Crippen LogP contribution in [0.2, 0.25) is 0 Å². The normalized spacial score (nSPS) is 11.4. The second kappa shape index (κ2) is 6.13. The molecule has 0 aliphatic carbocycles. The van der Waals surface area contributed by atoms with Crippen molar-refractivity contribution >= 4 is 21.9 Å². The minimum Gasteiger partial charge on any atom is -0.472 e. The first-order chi connectivity index (χ1) is 14.4. The van der Waals surface area contributed by atoms with Crippen molar-refractivity contribution < 1.29 is 4.42 Å². The van der Waals surface area contributed by atoms with Crippen LogP contribution in [0.15, 0.2) is 78.3 Å². The summed E-state index contributed by atoms with van der Waals surface area (Å²) in [5.41, 5.74) is 7.38. The quantitative estimate of drug-likeness (QED) is 0.460. The van der Waals surface area contributed by atoms with Gasteiger partial charge in [0.15, 0.2) is 5.65 Å². The Balaban J connectivity index is 1.53. The number of hydrogen-bond donors (Lipinski definition) is 2. The van der Waals surface area contributed by atoms with E-state index in [0.717, 1.165) is 55.6 Å². The molecule has 138 valence electrons. The predicted octanol–water partition coefficient (Wildman–Crippen LogP) is 4.82. The summed E-state index contributed by atoms with van der Waals surface area (Å²) in [5, 5.41) is 9.54. The Morgan fingerprint density at radius 1 is 0.862 bits per heavy atom. The Bertz CT molecular complexity index is 1450. The van der Waals surface area contributed by atoms with Gasteiger partial charge in [0, 0.05) is 57.8 Å². The number of pyridine rings is 3. The summed E-state index contributed by atoms with van der Waals surface area (Å²) in [6.07, 6.45) is 12.5. The van der Waals surface area contributed by atoms with Crippen LogP contribution in [0.5, 0.6) is 0 Å². The van der Waals surface area contributed by atoms with Crippen LogP contribution in [0, 0.1) is 0 Å². The highest BCUT2D eigenvalue weighted by Gasteiger charge is 2.15. The highest BCUT2D eigenvalue weighted by atomic mass is 16.3. The Morgan fingerprint density at radius 2 is 1.86 bits per heavy atom. The molecule has 6 aromatic rings. The Hall–Kier alpha value is -4.26. The Labute approximate surface area is 164 Å². The number of H-pyrrole nitrogens is 2. The number of aromatic amines is 2. The summed E-state index contributed by atoms with van der Waals surface area (Å²) < 4.78 is 5.24. The standard InChI is InChI=1S/C22H14N6O/c1-2-13(8-23-4-1)15-6-17-21(27-28-22(17)25-9-15)19-7-16-18(14-3-5-29-12-14)10-24-11-20(16)26-19/h1-12,26H,(H,25,27,28). The van der Waals surface area contributed by atoms with Crippen LogP contribution >= 0.6 is 0 Å². The second-order valence-corrected chi connectivity index (χ2v) is 6.78. The van der Waals surface area contributed by atoms with E-state index in [4.69, 9.17) is 4.42 Å². The fourth-order valence-electron chi connectivity index (χ4n) is 3.63. The summed E-state index contributed by atoms with van der Waals surface area (Å²) in [4.78, 5) is 16.5. The molecule has 0 aliphatic rings. The zero-order valence-electron chi connectivity index (χ0n) is 15.1. The van der Waals surface area contributed by atoms with Crippen LogP contribution < -0.4 is 0 Å². The van der Waals surface area contributed by atoms with Gasteiger partial charge in [-0.05, 0) is 24.3 Å². The number of hydrogen-bond acceptors (Lipinski definition) is 5. The van der Waals surface area contributed by atoms with Crippen molar-refractivity contribution in [3.8, 4) is 33.6 Å². The molecule has 0 aliphatic heterocycles. The van der Waals surface area contributed by atoms with E-state index in [1.54, 1.807) is 18.7 Å². The minimum absolute atomic E-state index is 0.736. The number of aromatic nitrogens is 6. The molecule has 6 heterocycles. The molecular weight excluding hydrogens is 364 g/mol. The van der Waals surface area contributed by atoms with Gasteiger partial charge in [-0.2, -0.15) is 5.10 Å². The molecule has 0 saturated carbocycles. The van der Waals surface area contributed by atoms with E-state index in [2.05, 4.69) is 42.3 Å². The van der Waals surface area contributed by atoms with Crippen LogP contribution in [-0.4, -0.2) is 30.1 Å². The summed E-state index contributed by atoms with van der Waals surface area (Å²) in [6.45, 7) is 0. The lowest BCUT2D eigenvalue weighted by atomic mass is 10.1. The van der Waals surface area contributed by atoms with Gasteiger partial charge in [0.05, 0.1) is 29.9 Å². The van der Waals surface area contributed by atoms with E-state index < -0.39 is 0 Å². The Kier molecular flexibility index (Phi) is 3.33. The third kappa shape index (κ3) is 2.52. The molecule has 0 unspecified atom stereocenters. The minimum atomic E-state index is 0.736. The zero-order chi connectivity index (χ0) is 19.2. The SMILES string of the molecule is c1cncc(-c2cnc3[nH]nc(-c4cc5c(-c6ccoc6)cncc5[nH]4)c3c2)c1. The molecule has 7 nitrogen and oxygen atoms in total. The summed E-state index contributed by atoms with van der Waals surface area (Å²) in [5.74, 6) is 0. The summed E-state index contributed by atoms with van der Waals surface area (Å²) in [7, 11) is 0. The van der Waals surface area contributed by atoms with Gasteiger partial charge >= 0.3 is 0 Å². The van der Waals surface area contributed by atoms with Gasteiger partial charge < -0.3 is 9.40 Å². The molecule has 0 atom stereocenters. The van der Waals surface area contributed by atoms with Crippen LogP contribution in [0.4, 0.5) is 0 Å². The van der Waals surface area contributed by atoms with Gasteiger partial charge in [0.25, 0.3) is 0 Å². The van der Waals surface area contributed by atoms with Crippen molar-refractivity contribution in [1.82, 2.24) is 30.1 Å². The largest absolute Gasteiger partial charge is 0.472 e. The third-order valence-corrected chi connectivity index (χ3v) is 5.04. The molecule has 2 N–H and O–H groups in total. The van der Waals surface area contributed by atoms with Crippen LogP contribution in [0.1, 0.15) is 0 Å². The summed E-state index contributed by atoms with van der Waals surface area (Å²) in [6, 6.07) is 10.0. The van der Waals surface area contributed by atoms with Gasteiger partial charge in [-0.15, -0.1) is 0 Å². The molecule has 6 aromatic heterocycles. The van der Waals surface area contributed by atoms with Crippen molar-refractivity contribution in [2.45, 2.75) is 0 Å². The van der Waals surface area contributed by atoms with E-state index in [0.29, 0.717) is 0 Å². The molecule has 6 rings (SSSR count). The van der Waals surface area contributed by atoms with Crippen molar-refractivity contribution in [1.29, 1.82) is 0 Å². The first-order valence-corrected chi connectivity index (χ1v) is 9.11. The summed E-state index contributed by atoms with van der Waals surface area (Å²) >= 11 is 0. The molecule has 0 radical (unpaired) electrons. The highest BCUT2D eigenvalue weighted by Crippen LogP contribution is 2.34. The van der Waals surface area contributed by atoms with Crippen molar-refractivity contribution in [3.63, 3.8) is 0 Å². The lowest BCUT2D eigenvalue weighted by Gasteiger charge is -2.01. The van der Waals surface area contributed by atoms with Gasteiger partial charge in [-0.3, -0.25) is 15.1 Å². The smallest absolute Gasteiger partial charge is 0.155 e. The average molecular weight is 378 g/mol. The predicted molar refractivity (Wildman–Crippen MR) is 110 cm³/mol. The van der Waals surface area contributed by atoms with Gasteiger partial charge in [-0.1, -0.05) is 6.07 Å². The molecule has 0 saturated heterocycles. The molecule has 0 fully saturated rings. The number of furan rings is 1. The molecule has 0 spiro atoms. The van der Waals surface area contributed by atoms with Crippen molar-refractivity contribution in [3.05, 3.63) is 73.8 Å². The maximum atomic E-state index is 5.24. The van der Waals surface area contributed by atoms with E-state index in [-0.39, 0.29) is 0 Å². The number of nitrogens with zero attached hydrogens (tertiary/aromatic N) is 4. The van der Waals surface area contributed by atoms with Gasteiger partial charge in [0.2, 0.25) is 0 Å².